The molecule has 3 aromatic rings. The number of hydrogen-bond donors (Lipinski definition) is 2. The first kappa shape index (κ1) is 21.1. The standard InChI is InChI=1S/C23H30N6O2/c1-3-9-25-22-19-6-5-18(15-20(19)26-23(24-2)27-22)29-10-8-17(16-29)4-7-21(30)28-11-13-31-14-12-28/h5-6,8,10,15-16H,3-4,7,9,11-14H2,1-2H3,(H2,24,25,26,27). The maximum Gasteiger partial charge on any atom is 0.224 e. The van der Waals surface area contributed by atoms with Crippen LogP contribution in [0.4, 0.5) is 11.8 Å². The van der Waals surface area contributed by atoms with E-state index in [0.29, 0.717) is 38.7 Å². The van der Waals surface area contributed by atoms with Gasteiger partial charge in [-0.25, -0.2) is 4.98 Å². The molecule has 1 saturated heterocycles. The molecule has 0 atom stereocenters. The van der Waals surface area contributed by atoms with E-state index in [2.05, 4.69) is 62.6 Å². The summed E-state index contributed by atoms with van der Waals surface area (Å²) in [6, 6.07) is 8.27. The van der Waals surface area contributed by atoms with Crippen LogP contribution in [-0.2, 0) is 16.0 Å². The van der Waals surface area contributed by atoms with E-state index in [9.17, 15) is 4.79 Å². The molecule has 1 fully saturated rings. The summed E-state index contributed by atoms with van der Waals surface area (Å²) < 4.78 is 7.40. The molecule has 2 aromatic heterocycles. The number of hydrogen-bond acceptors (Lipinski definition) is 6. The summed E-state index contributed by atoms with van der Waals surface area (Å²) in [4.78, 5) is 23.5. The van der Waals surface area contributed by atoms with E-state index < -0.39 is 0 Å². The Hall–Kier alpha value is -3.13. The molecule has 31 heavy (non-hydrogen) atoms. The normalized spacial score (nSPS) is 14.1. The molecule has 0 aliphatic carbocycles. The van der Waals surface area contributed by atoms with Crippen molar-refractivity contribution in [3.63, 3.8) is 0 Å². The summed E-state index contributed by atoms with van der Waals surface area (Å²) in [7, 11) is 1.82. The van der Waals surface area contributed by atoms with Crippen LogP contribution in [0.2, 0.25) is 0 Å². The van der Waals surface area contributed by atoms with Gasteiger partial charge >= 0.3 is 0 Å². The monoisotopic (exact) mass is 422 g/mol. The molecule has 4 rings (SSSR count). The number of benzene rings is 1. The van der Waals surface area contributed by atoms with Gasteiger partial charge in [-0.1, -0.05) is 6.92 Å². The predicted molar refractivity (Wildman–Crippen MR) is 123 cm³/mol. The minimum Gasteiger partial charge on any atom is -0.378 e. The molecule has 0 saturated carbocycles. The van der Waals surface area contributed by atoms with Crippen LogP contribution < -0.4 is 10.6 Å². The van der Waals surface area contributed by atoms with Gasteiger partial charge in [0.05, 0.1) is 18.7 Å². The summed E-state index contributed by atoms with van der Waals surface area (Å²) >= 11 is 0. The molecule has 164 valence electrons. The van der Waals surface area contributed by atoms with Crippen molar-refractivity contribution in [3.05, 3.63) is 42.2 Å². The Kier molecular flexibility index (Phi) is 6.66. The lowest BCUT2D eigenvalue weighted by atomic mass is 10.1. The number of aromatic nitrogens is 3. The third kappa shape index (κ3) is 4.96. The molecule has 0 bridgehead atoms. The van der Waals surface area contributed by atoms with Crippen molar-refractivity contribution < 1.29 is 9.53 Å². The first-order valence-electron chi connectivity index (χ1n) is 10.9. The summed E-state index contributed by atoms with van der Waals surface area (Å²) in [5, 5.41) is 7.43. The average Bonchev–Trinajstić information content (AvgIpc) is 3.30. The van der Waals surface area contributed by atoms with Crippen LogP contribution in [0, 0.1) is 0 Å². The largest absolute Gasteiger partial charge is 0.378 e. The quantitative estimate of drug-likeness (QED) is 0.580. The lowest BCUT2D eigenvalue weighted by Crippen LogP contribution is -2.40. The fourth-order valence-corrected chi connectivity index (χ4v) is 3.74. The fraction of sp³-hybridized carbons (Fsp3) is 0.435. The van der Waals surface area contributed by atoms with Crippen LogP contribution in [0.25, 0.3) is 16.6 Å². The highest BCUT2D eigenvalue weighted by atomic mass is 16.5. The molecular weight excluding hydrogens is 392 g/mol. The maximum atomic E-state index is 12.4. The molecule has 1 aliphatic rings. The molecule has 8 heteroatoms. The molecule has 0 unspecified atom stereocenters. The molecule has 8 nitrogen and oxygen atoms in total. The number of nitrogens with zero attached hydrogens (tertiary/aromatic N) is 4. The minimum absolute atomic E-state index is 0.199. The summed E-state index contributed by atoms with van der Waals surface area (Å²) in [6.07, 6.45) is 6.40. The van der Waals surface area contributed by atoms with Crippen LogP contribution in [-0.4, -0.2) is 65.2 Å². The number of rotatable bonds is 8. The van der Waals surface area contributed by atoms with Gasteiger partial charge in [-0.15, -0.1) is 0 Å². The number of nitrogens with one attached hydrogen (secondary N) is 2. The summed E-state index contributed by atoms with van der Waals surface area (Å²) in [6.45, 7) is 5.66. The van der Waals surface area contributed by atoms with Crippen LogP contribution in [0.1, 0.15) is 25.3 Å². The highest BCUT2D eigenvalue weighted by molar-refractivity contribution is 5.91. The van der Waals surface area contributed by atoms with E-state index in [1.54, 1.807) is 0 Å². The Morgan fingerprint density at radius 3 is 2.81 bits per heavy atom. The third-order valence-corrected chi connectivity index (χ3v) is 5.49. The molecule has 1 amide bonds. The number of aryl methyl sites for hydroxylation is 1. The molecule has 1 aliphatic heterocycles. The van der Waals surface area contributed by atoms with Gasteiger partial charge in [-0.2, -0.15) is 4.98 Å². The predicted octanol–water partition coefficient (Wildman–Crippen LogP) is 3.08. The number of anilines is 2. The van der Waals surface area contributed by atoms with Crippen LogP contribution in [0.15, 0.2) is 36.7 Å². The summed E-state index contributed by atoms with van der Waals surface area (Å²) in [5.74, 6) is 1.64. The Labute approximate surface area is 182 Å². The van der Waals surface area contributed by atoms with Crippen molar-refractivity contribution in [1.29, 1.82) is 0 Å². The molecule has 3 heterocycles. The summed E-state index contributed by atoms with van der Waals surface area (Å²) in [5.41, 5.74) is 3.05. The van der Waals surface area contributed by atoms with E-state index in [1.807, 2.05) is 18.1 Å². The SMILES string of the molecule is CCCNc1nc(NC)nc2cc(-n3ccc(CCC(=O)N4CCOCC4)c3)ccc12. The second-order valence-corrected chi connectivity index (χ2v) is 7.69. The van der Waals surface area contributed by atoms with Crippen molar-refractivity contribution in [3.8, 4) is 5.69 Å². The van der Waals surface area contributed by atoms with Crippen LogP contribution >= 0.6 is 0 Å². The van der Waals surface area contributed by atoms with Gasteiger partial charge in [0.15, 0.2) is 0 Å². The van der Waals surface area contributed by atoms with Crippen molar-refractivity contribution in [2.45, 2.75) is 26.2 Å². The second kappa shape index (κ2) is 9.78. The van der Waals surface area contributed by atoms with Crippen LogP contribution in [0.5, 0.6) is 0 Å². The van der Waals surface area contributed by atoms with Gasteiger partial charge in [0.25, 0.3) is 0 Å². The van der Waals surface area contributed by atoms with Gasteiger partial charge in [-0.3, -0.25) is 4.79 Å². The van der Waals surface area contributed by atoms with Gasteiger partial charge in [-0.05, 0) is 42.7 Å². The molecule has 1 aromatic carbocycles. The van der Waals surface area contributed by atoms with Gasteiger partial charge in [0.1, 0.15) is 5.82 Å². The zero-order valence-electron chi connectivity index (χ0n) is 18.2. The van der Waals surface area contributed by atoms with E-state index in [-0.39, 0.29) is 5.91 Å². The Balaban J connectivity index is 1.49. The minimum atomic E-state index is 0.199. The Morgan fingerprint density at radius 2 is 2.03 bits per heavy atom. The van der Waals surface area contributed by atoms with E-state index in [1.165, 1.54) is 0 Å². The van der Waals surface area contributed by atoms with Crippen molar-refractivity contribution in [2.24, 2.45) is 0 Å². The molecule has 0 radical (unpaired) electrons. The number of ether oxygens (including phenoxy) is 1. The molecule has 2 N–H and O–H groups in total. The zero-order chi connectivity index (χ0) is 21.6. The first-order chi connectivity index (χ1) is 15.2. The smallest absolute Gasteiger partial charge is 0.224 e. The highest BCUT2D eigenvalue weighted by Crippen LogP contribution is 2.25. The zero-order valence-corrected chi connectivity index (χ0v) is 18.2. The van der Waals surface area contributed by atoms with E-state index in [4.69, 9.17) is 4.74 Å². The average molecular weight is 423 g/mol. The van der Waals surface area contributed by atoms with Crippen molar-refractivity contribution in [2.75, 3.05) is 50.5 Å². The number of fused-ring (bicyclic) bond motifs is 1. The highest BCUT2D eigenvalue weighted by Gasteiger charge is 2.16. The van der Waals surface area contributed by atoms with Gasteiger partial charge in [0.2, 0.25) is 11.9 Å². The number of carbonyl (C=O) groups is 1. The molecular formula is C23H30N6O2. The molecule has 0 spiro atoms. The third-order valence-electron chi connectivity index (χ3n) is 5.49. The van der Waals surface area contributed by atoms with Crippen molar-refractivity contribution >= 4 is 28.6 Å². The lowest BCUT2D eigenvalue weighted by Gasteiger charge is -2.26. The maximum absolute atomic E-state index is 12.4. The topological polar surface area (TPSA) is 84.3 Å². The van der Waals surface area contributed by atoms with E-state index >= 15 is 0 Å². The Bertz CT molecular complexity index is 1040. The first-order valence-corrected chi connectivity index (χ1v) is 10.9. The number of carbonyl (C=O) groups excluding carboxylic acids is 1. The fourth-order valence-electron chi connectivity index (χ4n) is 3.74. The number of amides is 1. The number of morpholine rings is 1. The van der Waals surface area contributed by atoms with E-state index in [0.717, 1.165) is 47.4 Å². The second-order valence-electron chi connectivity index (χ2n) is 7.69. The lowest BCUT2D eigenvalue weighted by molar-refractivity contribution is -0.135. The van der Waals surface area contributed by atoms with Crippen molar-refractivity contribution in [1.82, 2.24) is 19.4 Å². The van der Waals surface area contributed by atoms with Gasteiger partial charge in [0, 0.05) is 56.6 Å². The Morgan fingerprint density at radius 1 is 1.19 bits per heavy atom. The van der Waals surface area contributed by atoms with Gasteiger partial charge < -0.3 is 24.8 Å². The van der Waals surface area contributed by atoms with Crippen LogP contribution in [0.3, 0.4) is 0 Å².